The fraction of sp³-hybridized carbons (Fsp3) is 0.462. The molecule has 176 valence electrons. The molecule has 0 radical (unpaired) electrons. The summed E-state index contributed by atoms with van der Waals surface area (Å²) in [6.07, 6.45) is 10.3. The van der Waals surface area contributed by atoms with E-state index in [4.69, 9.17) is 4.98 Å². The van der Waals surface area contributed by atoms with Gasteiger partial charge in [0, 0.05) is 60.2 Å². The molecule has 0 atom stereocenters. The molecule has 2 aromatic heterocycles. The average Bonchev–Trinajstić information content (AvgIpc) is 3.29. The first-order chi connectivity index (χ1) is 16.7. The lowest BCUT2D eigenvalue weighted by Gasteiger charge is -2.40. The lowest BCUT2D eigenvalue weighted by Crippen LogP contribution is -2.52. The second-order valence-electron chi connectivity index (χ2n) is 9.50. The first kappa shape index (κ1) is 21.8. The van der Waals surface area contributed by atoms with Gasteiger partial charge in [-0.05, 0) is 25.8 Å². The molecule has 0 unspecified atom stereocenters. The number of carbonyl (C=O) groups excluding carboxylic acids is 1. The molecule has 1 aliphatic carbocycles. The monoisotopic (exact) mass is 474 g/mol. The van der Waals surface area contributed by atoms with Gasteiger partial charge in [0.25, 0.3) is 11.9 Å². The van der Waals surface area contributed by atoms with E-state index in [2.05, 4.69) is 33.2 Å². The maximum Gasteiger partial charge on any atom is 0.257 e. The van der Waals surface area contributed by atoms with Crippen LogP contribution >= 0.6 is 11.8 Å². The number of benzene rings is 1. The molecule has 7 nitrogen and oxygen atoms in total. The number of amides is 1. The molecule has 0 bridgehead atoms. The van der Waals surface area contributed by atoms with Crippen molar-refractivity contribution in [2.75, 3.05) is 26.2 Å². The highest BCUT2D eigenvalue weighted by Gasteiger charge is 2.29. The number of carbonyl (C=O) groups is 1. The normalized spacial score (nSPS) is 19.0. The van der Waals surface area contributed by atoms with Crippen molar-refractivity contribution in [2.45, 2.75) is 55.7 Å². The van der Waals surface area contributed by atoms with Gasteiger partial charge in [-0.3, -0.25) is 9.69 Å². The van der Waals surface area contributed by atoms with Gasteiger partial charge < -0.3 is 4.90 Å². The molecule has 1 saturated heterocycles. The number of thioether (sulfide) groups is 1. The van der Waals surface area contributed by atoms with Crippen LogP contribution in [-0.4, -0.2) is 67.7 Å². The van der Waals surface area contributed by atoms with E-state index >= 15 is 0 Å². The second-order valence-corrected chi connectivity index (χ2v) is 10.5. The van der Waals surface area contributed by atoms with Crippen LogP contribution < -0.4 is 0 Å². The summed E-state index contributed by atoms with van der Waals surface area (Å²) in [5.41, 5.74) is 4.65. The van der Waals surface area contributed by atoms with Gasteiger partial charge in [0.2, 0.25) is 0 Å². The van der Waals surface area contributed by atoms with Crippen LogP contribution in [0.3, 0.4) is 0 Å². The molecule has 2 aliphatic heterocycles. The second kappa shape index (κ2) is 9.15. The summed E-state index contributed by atoms with van der Waals surface area (Å²) in [6.45, 7) is 5.43. The molecule has 2 fully saturated rings. The van der Waals surface area contributed by atoms with Gasteiger partial charge in [-0.25, -0.2) is 14.6 Å². The highest BCUT2D eigenvalue weighted by atomic mass is 32.2. The summed E-state index contributed by atoms with van der Waals surface area (Å²) in [6, 6.07) is 9.05. The predicted octanol–water partition coefficient (Wildman–Crippen LogP) is 4.33. The standard InChI is InChI=1S/C26H30N6OS/c1-18-22(25(33)31-13-11-30(12-14-31)20-7-3-2-4-8-20)16-28-32(18)26-27-15-19-17-34-23-10-6-5-9-21(23)24(19)29-26/h5-6,9-10,15-16,20H,2-4,7-8,11-14,17H2,1H3. The molecule has 6 rings (SSSR count). The van der Waals surface area contributed by atoms with Crippen molar-refractivity contribution in [3.8, 4) is 17.2 Å². The zero-order valence-corrected chi connectivity index (χ0v) is 20.4. The van der Waals surface area contributed by atoms with Crippen LogP contribution in [0.2, 0.25) is 0 Å². The molecule has 1 saturated carbocycles. The quantitative estimate of drug-likeness (QED) is 0.563. The van der Waals surface area contributed by atoms with Gasteiger partial charge >= 0.3 is 0 Å². The molecule has 3 aliphatic rings. The van der Waals surface area contributed by atoms with E-state index in [0.717, 1.165) is 54.4 Å². The van der Waals surface area contributed by atoms with Gasteiger partial charge in [-0.15, -0.1) is 11.8 Å². The number of piperazine rings is 1. The van der Waals surface area contributed by atoms with Crippen molar-refractivity contribution in [1.82, 2.24) is 29.5 Å². The average molecular weight is 475 g/mol. The summed E-state index contributed by atoms with van der Waals surface area (Å²) >= 11 is 1.81. The lowest BCUT2D eigenvalue weighted by molar-refractivity contribution is 0.0522. The smallest absolute Gasteiger partial charge is 0.257 e. The molecule has 0 N–H and O–H groups in total. The van der Waals surface area contributed by atoms with E-state index in [1.54, 1.807) is 10.9 Å². The fourth-order valence-corrected chi connectivity index (χ4v) is 6.53. The number of rotatable bonds is 3. The van der Waals surface area contributed by atoms with E-state index in [0.29, 0.717) is 17.6 Å². The van der Waals surface area contributed by atoms with E-state index in [-0.39, 0.29) is 5.91 Å². The first-order valence-corrected chi connectivity index (χ1v) is 13.3. The number of aromatic nitrogens is 4. The van der Waals surface area contributed by atoms with Crippen LogP contribution in [0.15, 0.2) is 41.6 Å². The molecular formula is C26H30N6OS. The Balaban J connectivity index is 1.20. The zero-order chi connectivity index (χ0) is 23.1. The maximum absolute atomic E-state index is 13.4. The van der Waals surface area contributed by atoms with Crippen molar-refractivity contribution >= 4 is 17.7 Å². The Labute approximate surface area is 204 Å². The van der Waals surface area contributed by atoms with Gasteiger partial charge in [0.05, 0.1) is 23.1 Å². The van der Waals surface area contributed by atoms with E-state index in [1.165, 1.54) is 37.0 Å². The van der Waals surface area contributed by atoms with Gasteiger partial charge in [0.15, 0.2) is 0 Å². The largest absolute Gasteiger partial charge is 0.336 e. The van der Waals surface area contributed by atoms with Crippen molar-refractivity contribution in [1.29, 1.82) is 0 Å². The lowest BCUT2D eigenvalue weighted by atomic mass is 9.94. The van der Waals surface area contributed by atoms with Gasteiger partial charge in [-0.2, -0.15) is 5.10 Å². The van der Waals surface area contributed by atoms with Crippen LogP contribution in [0.5, 0.6) is 0 Å². The Bertz CT molecular complexity index is 1210. The summed E-state index contributed by atoms with van der Waals surface area (Å²) < 4.78 is 1.70. The Hall–Kier alpha value is -2.71. The third-order valence-electron chi connectivity index (χ3n) is 7.50. The highest BCUT2D eigenvalue weighted by Crippen LogP contribution is 2.40. The third kappa shape index (κ3) is 3.92. The summed E-state index contributed by atoms with van der Waals surface area (Å²) in [7, 11) is 0. The first-order valence-electron chi connectivity index (χ1n) is 12.4. The van der Waals surface area contributed by atoms with Crippen LogP contribution in [0.25, 0.3) is 17.2 Å². The minimum Gasteiger partial charge on any atom is -0.336 e. The number of fused-ring (bicyclic) bond motifs is 3. The van der Waals surface area contributed by atoms with Crippen LogP contribution in [0, 0.1) is 6.92 Å². The van der Waals surface area contributed by atoms with Gasteiger partial charge in [0.1, 0.15) is 0 Å². The molecule has 8 heteroatoms. The van der Waals surface area contributed by atoms with Crippen molar-refractivity contribution in [3.05, 3.63) is 53.5 Å². The fourth-order valence-electron chi connectivity index (χ4n) is 5.51. The van der Waals surface area contributed by atoms with E-state index < -0.39 is 0 Å². The Morgan fingerprint density at radius 3 is 2.65 bits per heavy atom. The molecule has 1 amide bonds. The summed E-state index contributed by atoms with van der Waals surface area (Å²) in [5, 5.41) is 4.52. The predicted molar refractivity (Wildman–Crippen MR) is 133 cm³/mol. The van der Waals surface area contributed by atoms with Crippen LogP contribution in [-0.2, 0) is 5.75 Å². The molecule has 4 heterocycles. The molecule has 1 aromatic carbocycles. The minimum absolute atomic E-state index is 0.0618. The maximum atomic E-state index is 13.4. The van der Waals surface area contributed by atoms with Crippen LogP contribution in [0.4, 0.5) is 0 Å². The third-order valence-corrected chi connectivity index (χ3v) is 8.62. The number of hydrogen-bond donors (Lipinski definition) is 0. The van der Waals surface area contributed by atoms with E-state index in [1.807, 2.05) is 35.8 Å². The summed E-state index contributed by atoms with van der Waals surface area (Å²) in [5.74, 6) is 1.44. The van der Waals surface area contributed by atoms with Crippen LogP contribution in [0.1, 0.15) is 53.7 Å². The Kier molecular flexibility index (Phi) is 5.87. The van der Waals surface area contributed by atoms with Crippen molar-refractivity contribution in [3.63, 3.8) is 0 Å². The topological polar surface area (TPSA) is 67.2 Å². The summed E-state index contributed by atoms with van der Waals surface area (Å²) in [4.78, 5) is 28.6. The Morgan fingerprint density at radius 2 is 1.82 bits per heavy atom. The molecule has 3 aromatic rings. The molecule has 0 spiro atoms. The van der Waals surface area contributed by atoms with E-state index in [9.17, 15) is 4.79 Å². The molecular weight excluding hydrogens is 444 g/mol. The number of nitrogens with zero attached hydrogens (tertiary/aromatic N) is 6. The Morgan fingerprint density at radius 1 is 1.03 bits per heavy atom. The number of hydrogen-bond acceptors (Lipinski definition) is 6. The molecule has 34 heavy (non-hydrogen) atoms. The SMILES string of the molecule is Cc1c(C(=O)N2CCN(C3CCCCC3)CC2)cnn1-c1ncc2c(n1)-c1ccccc1SC2. The van der Waals surface area contributed by atoms with Gasteiger partial charge in [-0.1, -0.05) is 37.5 Å². The highest BCUT2D eigenvalue weighted by molar-refractivity contribution is 7.98. The minimum atomic E-state index is 0.0618. The zero-order valence-electron chi connectivity index (χ0n) is 19.6. The van der Waals surface area contributed by atoms with Crippen molar-refractivity contribution < 1.29 is 4.79 Å². The van der Waals surface area contributed by atoms with Crippen molar-refractivity contribution in [2.24, 2.45) is 0 Å².